The molecule has 0 bridgehead atoms. The van der Waals surface area contributed by atoms with Gasteiger partial charge in [-0.3, -0.25) is 0 Å². The summed E-state index contributed by atoms with van der Waals surface area (Å²) in [5.74, 6) is 0.487. The summed E-state index contributed by atoms with van der Waals surface area (Å²) in [6, 6.07) is 26.9. The number of aliphatic hydroxyl groups is 1. The van der Waals surface area contributed by atoms with Crippen molar-refractivity contribution in [2.24, 2.45) is 0 Å². The van der Waals surface area contributed by atoms with Crippen LogP contribution in [0.15, 0.2) is 95.4 Å². The Bertz CT molecular complexity index is 1320. The molecule has 3 aromatic carbocycles. The Kier molecular flexibility index (Phi) is 6.69. The highest BCUT2D eigenvalue weighted by atomic mass is 16.5. The van der Waals surface area contributed by atoms with Crippen molar-refractivity contribution in [3.05, 3.63) is 102 Å². The zero-order valence-corrected chi connectivity index (χ0v) is 19.8. The summed E-state index contributed by atoms with van der Waals surface area (Å²) < 4.78 is 11.7. The lowest BCUT2D eigenvalue weighted by Gasteiger charge is -2.32. The summed E-state index contributed by atoms with van der Waals surface area (Å²) >= 11 is 0. The topological polar surface area (TPSA) is 92.8 Å². The number of nitrogens with zero attached hydrogens (tertiary/aromatic N) is 1. The Morgan fingerprint density at radius 3 is 2.42 bits per heavy atom. The Labute approximate surface area is 209 Å². The molecule has 4 aromatic rings. The van der Waals surface area contributed by atoms with Crippen LogP contribution in [0.1, 0.15) is 30.7 Å². The minimum atomic E-state index is -1.18. The maximum Gasteiger partial charge on any atom is 0.341 e. The first kappa shape index (κ1) is 23.6. The molecule has 1 aliphatic rings. The zero-order valence-electron chi connectivity index (χ0n) is 19.8. The van der Waals surface area contributed by atoms with Crippen LogP contribution in [0.5, 0.6) is 5.75 Å². The fourth-order valence-corrected chi connectivity index (χ4v) is 4.68. The van der Waals surface area contributed by atoms with Crippen molar-refractivity contribution in [2.45, 2.75) is 31.3 Å². The third-order valence-electron chi connectivity index (χ3n) is 6.34. The van der Waals surface area contributed by atoms with E-state index in [0.717, 1.165) is 35.2 Å². The van der Waals surface area contributed by atoms with E-state index in [1.165, 1.54) is 0 Å². The highest BCUT2D eigenvalue weighted by molar-refractivity contribution is 5.80. The zero-order chi connectivity index (χ0) is 25.0. The quantitative estimate of drug-likeness (QED) is 0.320. The van der Waals surface area contributed by atoms with Crippen molar-refractivity contribution < 1.29 is 24.2 Å². The molecule has 0 unspecified atom stereocenters. The van der Waals surface area contributed by atoms with Gasteiger partial charge < -0.3 is 19.4 Å². The van der Waals surface area contributed by atoms with Crippen LogP contribution in [-0.2, 0) is 11.2 Å². The molecule has 1 heterocycles. The van der Waals surface area contributed by atoms with Gasteiger partial charge in [-0.1, -0.05) is 78.9 Å². The molecule has 36 heavy (non-hydrogen) atoms. The molecule has 6 heteroatoms. The van der Waals surface area contributed by atoms with E-state index in [-0.39, 0.29) is 0 Å². The van der Waals surface area contributed by atoms with Gasteiger partial charge in [-0.25, -0.2) is 9.78 Å². The maximum atomic E-state index is 11.9. The Morgan fingerprint density at radius 2 is 1.69 bits per heavy atom. The molecule has 1 aliphatic carbocycles. The number of hydrogen-bond acceptors (Lipinski definition) is 5. The molecule has 0 spiro atoms. The molecule has 0 fully saturated rings. The summed E-state index contributed by atoms with van der Waals surface area (Å²) in [5.41, 5.74) is 2.91. The van der Waals surface area contributed by atoms with Gasteiger partial charge in [0.25, 0.3) is 0 Å². The number of carboxylic acids is 1. The third kappa shape index (κ3) is 5.09. The van der Waals surface area contributed by atoms with Crippen molar-refractivity contribution in [3.63, 3.8) is 0 Å². The van der Waals surface area contributed by atoms with E-state index in [9.17, 15) is 9.90 Å². The highest BCUT2D eigenvalue weighted by Crippen LogP contribution is 2.42. The standard InChI is InChI=1S/C30H27NO5/c32-26(33)20-35-24-15-9-10-21(18-24)19-30(34)17-8-7-16-25(30)29-31-27(22-11-3-1-4-12-22)28(36-29)23-13-5-2-6-14-23/h1-6,9-16,18,34H,7-8,17,19-20H2,(H,32,33)/t30-/m1/s1. The molecule has 6 nitrogen and oxygen atoms in total. The number of allylic oxidation sites excluding steroid dienone is 1. The lowest BCUT2D eigenvalue weighted by atomic mass is 9.78. The van der Waals surface area contributed by atoms with Gasteiger partial charge >= 0.3 is 5.97 Å². The molecule has 5 rings (SSSR count). The molecular weight excluding hydrogens is 454 g/mol. The summed E-state index contributed by atoms with van der Waals surface area (Å²) in [6.07, 6.45) is 4.56. The van der Waals surface area contributed by atoms with E-state index in [1.807, 2.05) is 72.8 Å². The third-order valence-corrected chi connectivity index (χ3v) is 6.34. The molecule has 1 aromatic heterocycles. The number of carboxylic acid groups (broad SMARTS) is 1. The van der Waals surface area contributed by atoms with Gasteiger partial charge in [-0.15, -0.1) is 0 Å². The number of oxazole rings is 1. The Balaban J connectivity index is 1.51. The Hall–Kier alpha value is -4.16. The van der Waals surface area contributed by atoms with E-state index in [2.05, 4.69) is 0 Å². The first-order valence-electron chi connectivity index (χ1n) is 12.0. The lowest BCUT2D eigenvalue weighted by Crippen LogP contribution is -2.35. The van der Waals surface area contributed by atoms with Gasteiger partial charge in [-0.05, 0) is 37.0 Å². The molecule has 0 amide bonds. The molecule has 0 saturated carbocycles. The molecule has 1 atom stereocenters. The molecule has 182 valence electrons. The van der Waals surface area contributed by atoms with Crippen molar-refractivity contribution >= 4 is 11.5 Å². The van der Waals surface area contributed by atoms with Gasteiger partial charge in [0.2, 0.25) is 5.89 Å². The average molecular weight is 482 g/mol. The van der Waals surface area contributed by atoms with Gasteiger partial charge in [-0.2, -0.15) is 0 Å². The van der Waals surface area contributed by atoms with Crippen LogP contribution < -0.4 is 4.74 Å². The molecule has 2 N–H and O–H groups in total. The van der Waals surface area contributed by atoms with Crippen LogP contribution in [0.3, 0.4) is 0 Å². The first-order chi connectivity index (χ1) is 17.5. The van der Waals surface area contributed by atoms with Crippen LogP contribution >= 0.6 is 0 Å². The van der Waals surface area contributed by atoms with Gasteiger partial charge in [0.1, 0.15) is 11.4 Å². The van der Waals surface area contributed by atoms with Crippen LogP contribution in [0.4, 0.5) is 0 Å². The van der Waals surface area contributed by atoms with Crippen molar-refractivity contribution in [1.29, 1.82) is 0 Å². The number of aliphatic carboxylic acids is 1. The second-order valence-corrected chi connectivity index (χ2v) is 8.98. The minimum absolute atomic E-state index is 0.326. The van der Waals surface area contributed by atoms with E-state index >= 15 is 0 Å². The fraction of sp³-hybridized carbons (Fsp3) is 0.200. The Morgan fingerprint density at radius 1 is 0.972 bits per heavy atom. The predicted molar refractivity (Wildman–Crippen MR) is 137 cm³/mol. The average Bonchev–Trinajstić information content (AvgIpc) is 3.34. The van der Waals surface area contributed by atoms with Crippen LogP contribution in [0, 0.1) is 0 Å². The predicted octanol–water partition coefficient (Wildman–Crippen LogP) is 6.01. The number of benzene rings is 3. The summed E-state index contributed by atoms with van der Waals surface area (Å²) in [4.78, 5) is 15.8. The first-order valence-corrected chi connectivity index (χ1v) is 12.0. The number of aromatic nitrogens is 1. The molecule has 0 radical (unpaired) electrons. The van der Waals surface area contributed by atoms with E-state index in [4.69, 9.17) is 19.2 Å². The fourth-order valence-electron chi connectivity index (χ4n) is 4.68. The summed E-state index contributed by atoms with van der Waals surface area (Å²) in [6.45, 7) is -0.417. The van der Waals surface area contributed by atoms with Crippen molar-refractivity contribution in [2.75, 3.05) is 6.61 Å². The van der Waals surface area contributed by atoms with Gasteiger partial charge in [0.15, 0.2) is 12.4 Å². The number of carbonyl (C=O) groups is 1. The van der Waals surface area contributed by atoms with E-state index < -0.39 is 18.2 Å². The smallest absolute Gasteiger partial charge is 0.341 e. The molecule has 0 saturated heterocycles. The summed E-state index contributed by atoms with van der Waals surface area (Å²) in [5, 5.41) is 20.8. The number of ether oxygens (including phenoxy) is 1. The summed E-state index contributed by atoms with van der Waals surface area (Å²) in [7, 11) is 0. The van der Waals surface area contributed by atoms with Crippen molar-refractivity contribution in [3.8, 4) is 28.3 Å². The van der Waals surface area contributed by atoms with Crippen LogP contribution in [-0.4, -0.2) is 33.4 Å². The van der Waals surface area contributed by atoms with E-state index in [1.54, 1.807) is 18.2 Å². The minimum Gasteiger partial charge on any atom is -0.482 e. The molecular formula is C30H27NO5. The number of rotatable bonds is 8. The molecule has 0 aliphatic heterocycles. The monoisotopic (exact) mass is 481 g/mol. The largest absolute Gasteiger partial charge is 0.482 e. The lowest BCUT2D eigenvalue weighted by molar-refractivity contribution is -0.139. The second-order valence-electron chi connectivity index (χ2n) is 8.98. The SMILES string of the molecule is O=C(O)COc1cccc(C[C@]2(O)CCCC=C2c2nc(-c3ccccc3)c(-c3ccccc3)o2)c1. The highest BCUT2D eigenvalue weighted by Gasteiger charge is 2.38. The van der Waals surface area contributed by atoms with Gasteiger partial charge in [0.05, 0.1) is 5.60 Å². The van der Waals surface area contributed by atoms with Gasteiger partial charge in [0, 0.05) is 23.1 Å². The number of hydrogen-bond donors (Lipinski definition) is 2. The normalized spacial score (nSPS) is 17.4. The van der Waals surface area contributed by atoms with E-state index in [0.29, 0.717) is 35.8 Å². The van der Waals surface area contributed by atoms with Crippen LogP contribution in [0.2, 0.25) is 0 Å². The van der Waals surface area contributed by atoms with Crippen molar-refractivity contribution in [1.82, 2.24) is 4.98 Å². The van der Waals surface area contributed by atoms with Crippen LogP contribution in [0.25, 0.3) is 28.2 Å². The second kappa shape index (κ2) is 10.2. The maximum absolute atomic E-state index is 11.9.